The van der Waals surface area contributed by atoms with Crippen molar-refractivity contribution < 1.29 is 27.5 Å². The molecule has 1 aromatic heterocycles. The average molecular weight is 448 g/mol. The van der Waals surface area contributed by atoms with E-state index in [0.29, 0.717) is 17.7 Å². The minimum Gasteiger partial charge on any atom is -0.415 e. The third kappa shape index (κ3) is 4.11. The molecule has 4 rings (SSSR count). The van der Waals surface area contributed by atoms with Crippen LogP contribution in [0, 0.1) is 0 Å². The molecule has 172 valence electrons. The van der Waals surface area contributed by atoms with E-state index in [2.05, 4.69) is 15.5 Å². The molecule has 1 N–H and O–H groups in total. The summed E-state index contributed by atoms with van der Waals surface area (Å²) in [7, 11) is 1.49. The van der Waals surface area contributed by atoms with Crippen LogP contribution >= 0.6 is 0 Å². The summed E-state index contributed by atoms with van der Waals surface area (Å²) in [5.74, 6) is -1.19. The van der Waals surface area contributed by atoms with Crippen molar-refractivity contribution in [1.29, 1.82) is 0 Å². The van der Waals surface area contributed by atoms with E-state index in [-0.39, 0.29) is 29.8 Å². The van der Waals surface area contributed by atoms with Crippen molar-refractivity contribution >= 4 is 11.8 Å². The maximum atomic E-state index is 13.3. The number of benzene rings is 1. The second-order valence-corrected chi connectivity index (χ2v) is 8.70. The first-order valence-electron chi connectivity index (χ1n) is 10.6. The molecule has 1 saturated carbocycles. The zero-order chi connectivity index (χ0) is 23.0. The number of carbonyl (C=O) groups is 2. The van der Waals surface area contributed by atoms with Crippen molar-refractivity contribution in [3.8, 4) is 11.5 Å². The summed E-state index contributed by atoms with van der Waals surface area (Å²) in [4.78, 5) is 27.7. The second-order valence-electron chi connectivity index (χ2n) is 8.70. The van der Waals surface area contributed by atoms with Gasteiger partial charge < -0.3 is 19.4 Å². The minimum absolute atomic E-state index is 0.0565. The first-order chi connectivity index (χ1) is 15.2. The Bertz CT molecular complexity index is 1020. The van der Waals surface area contributed by atoms with Crippen LogP contribution in [0.25, 0.3) is 11.5 Å². The van der Waals surface area contributed by atoms with Gasteiger partial charge in [-0.05, 0) is 44.4 Å². The number of hydrogen-bond donors (Lipinski definition) is 1. The van der Waals surface area contributed by atoms with Crippen LogP contribution in [0.4, 0.5) is 8.78 Å². The fraction of sp³-hybridized carbons (Fsp3) is 0.545. The van der Waals surface area contributed by atoms with Crippen LogP contribution in [-0.2, 0) is 16.1 Å². The first-order valence-corrected chi connectivity index (χ1v) is 10.6. The van der Waals surface area contributed by atoms with Crippen molar-refractivity contribution in [3.05, 3.63) is 35.2 Å². The summed E-state index contributed by atoms with van der Waals surface area (Å²) in [6.07, 6.45) is 0.641. The Morgan fingerprint density at radius 3 is 2.72 bits per heavy atom. The van der Waals surface area contributed by atoms with E-state index in [1.54, 1.807) is 36.9 Å². The molecule has 1 aromatic carbocycles. The number of aromatic nitrogens is 2. The van der Waals surface area contributed by atoms with Crippen LogP contribution in [0.15, 0.2) is 22.6 Å². The van der Waals surface area contributed by atoms with Crippen LogP contribution in [0.2, 0.25) is 0 Å². The highest BCUT2D eigenvalue weighted by Gasteiger charge is 2.40. The lowest BCUT2D eigenvalue weighted by atomic mass is 9.88. The quantitative estimate of drug-likeness (QED) is 0.727. The fourth-order valence-corrected chi connectivity index (χ4v) is 4.25. The number of nitrogens with one attached hydrogen (secondary N) is 1. The highest BCUT2D eigenvalue weighted by atomic mass is 19.3. The van der Waals surface area contributed by atoms with Crippen LogP contribution in [0.5, 0.6) is 0 Å². The smallest absolute Gasteiger partial charge is 0.314 e. The zero-order valence-electron chi connectivity index (χ0n) is 18.2. The van der Waals surface area contributed by atoms with Gasteiger partial charge in [0, 0.05) is 30.8 Å². The number of amides is 2. The summed E-state index contributed by atoms with van der Waals surface area (Å²) >= 11 is 0. The molecular formula is C22H26F2N4O4. The Balaban J connectivity index is 1.54. The van der Waals surface area contributed by atoms with Gasteiger partial charge in [-0.25, -0.2) is 0 Å². The van der Waals surface area contributed by atoms with Crippen molar-refractivity contribution in [3.63, 3.8) is 0 Å². The predicted octanol–water partition coefficient (Wildman–Crippen LogP) is 3.48. The molecule has 2 amide bonds. The lowest BCUT2D eigenvalue weighted by Gasteiger charge is -2.39. The number of ether oxygens (including phenoxy) is 1. The third-order valence-corrected chi connectivity index (χ3v) is 6.32. The number of methoxy groups -OCH3 is 1. The van der Waals surface area contributed by atoms with Crippen molar-refractivity contribution in [2.24, 2.45) is 0 Å². The summed E-state index contributed by atoms with van der Waals surface area (Å²) in [6.45, 7) is 3.83. The molecule has 1 aliphatic carbocycles. The molecule has 1 fully saturated rings. The fourth-order valence-electron chi connectivity index (χ4n) is 4.25. The molecule has 2 heterocycles. The summed E-state index contributed by atoms with van der Waals surface area (Å²) in [5.41, 5.74) is 0.761. The largest absolute Gasteiger partial charge is 0.415 e. The van der Waals surface area contributed by atoms with Gasteiger partial charge in [-0.3, -0.25) is 9.59 Å². The van der Waals surface area contributed by atoms with Crippen LogP contribution in [-0.4, -0.2) is 51.7 Å². The molecule has 10 heteroatoms. The molecule has 2 aliphatic rings. The number of hydrogen-bond acceptors (Lipinski definition) is 6. The van der Waals surface area contributed by atoms with Crippen LogP contribution in [0.3, 0.4) is 0 Å². The molecule has 0 saturated heterocycles. The van der Waals surface area contributed by atoms with E-state index >= 15 is 0 Å². The number of alkyl halides is 2. The Morgan fingerprint density at radius 2 is 2.03 bits per heavy atom. The van der Waals surface area contributed by atoms with Crippen LogP contribution < -0.4 is 5.32 Å². The van der Waals surface area contributed by atoms with E-state index in [4.69, 9.17) is 9.15 Å². The SMILES string of the molecule is COC(C)(C)C(=O)N[C@@H]1CCCC[C@H]1N1Cc2ccc(-c3nnc(C(F)F)o3)cc2C1=O. The predicted molar refractivity (Wildman–Crippen MR) is 110 cm³/mol. The van der Waals surface area contributed by atoms with Crippen molar-refractivity contribution in [1.82, 2.24) is 20.4 Å². The number of nitrogens with zero attached hydrogens (tertiary/aromatic N) is 3. The van der Waals surface area contributed by atoms with Crippen molar-refractivity contribution in [2.75, 3.05) is 7.11 Å². The molecule has 32 heavy (non-hydrogen) atoms. The second kappa shape index (κ2) is 8.57. The maximum Gasteiger partial charge on any atom is 0.314 e. The summed E-state index contributed by atoms with van der Waals surface area (Å²) in [6, 6.07) is 4.74. The molecular weight excluding hydrogens is 422 g/mol. The van der Waals surface area contributed by atoms with Gasteiger partial charge >= 0.3 is 6.43 Å². The first kappa shape index (κ1) is 22.3. The lowest BCUT2D eigenvalue weighted by molar-refractivity contribution is -0.141. The highest BCUT2D eigenvalue weighted by Crippen LogP contribution is 2.34. The molecule has 0 bridgehead atoms. The van der Waals surface area contributed by atoms with Gasteiger partial charge in [0.15, 0.2) is 0 Å². The lowest BCUT2D eigenvalue weighted by Crippen LogP contribution is -2.57. The number of rotatable bonds is 6. The van der Waals surface area contributed by atoms with Crippen LogP contribution in [0.1, 0.15) is 67.8 Å². The van der Waals surface area contributed by atoms with Gasteiger partial charge in [0.2, 0.25) is 5.89 Å². The third-order valence-electron chi connectivity index (χ3n) is 6.32. The van der Waals surface area contributed by atoms with E-state index < -0.39 is 17.9 Å². The van der Waals surface area contributed by atoms with E-state index in [1.165, 1.54) is 7.11 Å². The van der Waals surface area contributed by atoms with Gasteiger partial charge in [0.05, 0.1) is 6.04 Å². The average Bonchev–Trinajstić information content (AvgIpc) is 3.39. The standard InChI is InChI=1S/C22H26F2N4O4/c1-22(2,31-3)21(30)25-15-6-4-5-7-16(15)28-11-13-9-8-12(10-14(13)20(28)29)18-26-27-19(32-18)17(23)24/h8-10,15-17H,4-7,11H2,1-3H3,(H,25,30)/t15-,16-/m1/s1. The maximum absolute atomic E-state index is 13.3. The van der Waals surface area contributed by atoms with Gasteiger partial charge in [-0.15, -0.1) is 10.2 Å². The Morgan fingerprint density at radius 1 is 1.28 bits per heavy atom. The molecule has 2 aromatic rings. The topological polar surface area (TPSA) is 97.6 Å². The normalized spacial score (nSPS) is 21.2. The molecule has 0 spiro atoms. The van der Waals surface area contributed by atoms with Gasteiger partial charge in [-0.2, -0.15) is 8.78 Å². The number of fused-ring (bicyclic) bond motifs is 1. The van der Waals surface area contributed by atoms with E-state index in [0.717, 1.165) is 31.2 Å². The van der Waals surface area contributed by atoms with Gasteiger partial charge in [0.25, 0.3) is 17.7 Å². The molecule has 0 unspecified atom stereocenters. The highest BCUT2D eigenvalue weighted by molar-refractivity contribution is 5.99. The van der Waals surface area contributed by atoms with Crippen molar-refractivity contribution in [2.45, 2.75) is 70.2 Å². The Hall–Kier alpha value is -2.88. The van der Waals surface area contributed by atoms with E-state index in [9.17, 15) is 18.4 Å². The van der Waals surface area contributed by atoms with E-state index in [1.807, 2.05) is 0 Å². The number of halogens is 2. The summed E-state index contributed by atoms with van der Waals surface area (Å²) in [5, 5.41) is 10.1. The van der Waals surface area contributed by atoms with Gasteiger partial charge in [0.1, 0.15) is 5.60 Å². The Labute approximate surface area is 184 Å². The molecule has 1 aliphatic heterocycles. The van der Waals surface area contributed by atoms with Gasteiger partial charge in [-0.1, -0.05) is 18.9 Å². The monoisotopic (exact) mass is 448 g/mol. The molecule has 0 radical (unpaired) electrons. The summed E-state index contributed by atoms with van der Waals surface area (Å²) < 4.78 is 35.8. The minimum atomic E-state index is -2.86. The zero-order valence-corrected chi connectivity index (χ0v) is 18.2. The molecule has 8 nitrogen and oxygen atoms in total. The number of carbonyl (C=O) groups excluding carboxylic acids is 2. The molecule has 2 atom stereocenters. The Kier molecular flexibility index (Phi) is 5.98.